The molecule has 13 nitrogen and oxygen atoms in total. The largest absolute Gasteiger partial charge is 0.465 e. The summed E-state index contributed by atoms with van der Waals surface area (Å²) in [4.78, 5) is 76.1. The molecule has 0 aliphatic carbocycles. The van der Waals surface area contributed by atoms with Gasteiger partial charge in [-0.3, -0.25) is 19.4 Å². The minimum absolute atomic E-state index is 0.180. The number of nitrogens with zero attached hydrogens (tertiary/aromatic N) is 3. The number of urea groups is 1. The third-order valence-electron chi connectivity index (χ3n) is 7.26. The summed E-state index contributed by atoms with van der Waals surface area (Å²) >= 11 is 0. The van der Waals surface area contributed by atoms with Crippen LogP contribution in [0.4, 0.5) is 21.9 Å². The average Bonchev–Trinajstić information content (AvgIpc) is 3.14. The summed E-state index contributed by atoms with van der Waals surface area (Å²) < 4.78 is 10.6. The highest BCUT2D eigenvalue weighted by molar-refractivity contribution is 6.20. The Bertz CT molecular complexity index is 1750. The maximum atomic E-state index is 14.2. The molecule has 1 unspecified atom stereocenters. The van der Waals surface area contributed by atoms with Crippen LogP contribution in [0, 0.1) is 5.41 Å². The van der Waals surface area contributed by atoms with Gasteiger partial charge in [-0.15, -0.1) is 0 Å². The second-order valence-electron chi connectivity index (χ2n) is 12.7. The number of rotatable bonds is 10. The van der Waals surface area contributed by atoms with Crippen LogP contribution in [0.15, 0.2) is 71.9 Å². The number of fused-ring (bicyclic) bond motifs is 1. The predicted molar refractivity (Wildman–Crippen MR) is 181 cm³/mol. The molecule has 3 amide bonds. The number of esters is 2. The third kappa shape index (κ3) is 8.41. The number of nitrogens with one attached hydrogen (secondary N) is 3. The summed E-state index contributed by atoms with van der Waals surface area (Å²) in [7, 11) is 1.60. The lowest BCUT2D eigenvalue weighted by molar-refractivity contribution is -0.146. The van der Waals surface area contributed by atoms with Crippen LogP contribution < -0.4 is 20.9 Å². The van der Waals surface area contributed by atoms with Gasteiger partial charge in [0.2, 0.25) is 6.17 Å². The van der Waals surface area contributed by atoms with Crippen molar-refractivity contribution >= 4 is 52.4 Å². The fourth-order valence-corrected chi connectivity index (χ4v) is 4.83. The van der Waals surface area contributed by atoms with Gasteiger partial charge in [0.05, 0.1) is 46.0 Å². The van der Waals surface area contributed by atoms with Crippen molar-refractivity contribution < 1.29 is 33.4 Å². The van der Waals surface area contributed by atoms with Gasteiger partial charge in [-0.05, 0) is 65.0 Å². The number of Topliss-reactive ketones (excluding diaryl/α,β-unsaturated/α-hetero) is 1. The molecule has 13 heteroatoms. The van der Waals surface area contributed by atoms with Crippen LogP contribution >= 0.6 is 0 Å². The SMILES string of the molecule is CNc1c(NC(=O)NC2N=C(c3ccccn3)c3ccccc3N(CC(=O)C(C)(C)COC(C)=O)C2=O)cccc1C(=O)OC(C)(C)C. The van der Waals surface area contributed by atoms with Crippen LogP contribution in [-0.2, 0) is 23.9 Å². The number of pyridine rings is 1. The number of hydrogen-bond acceptors (Lipinski definition) is 10. The van der Waals surface area contributed by atoms with Crippen molar-refractivity contribution in [3.8, 4) is 0 Å². The smallest absolute Gasteiger partial charge is 0.340 e. The Balaban J connectivity index is 1.71. The zero-order valence-corrected chi connectivity index (χ0v) is 28.0. The first kappa shape index (κ1) is 35.3. The standard InChI is InChI=1S/C35H40N6O7/c1-21(42)47-20-35(5,6)27(43)19-41-26-17-9-8-13-22(26)29(24-15-10-11-18-37-24)39-30(31(41)44)40-33(46)38-25-16-12-14-23(28(25)36-7)32(45)48-34(2,3)4/h8-18,30,36H,19-20H2,1-7H3,(H2,38,40,46). The number of carbonyl (C=O) groups is 5. The van der Waals surface area contributed by atoms with Crippen LogP contribution in [0.25, 0.3) is 0 Å². The molecule has 1 atom stereocenters. The van der Waals surface area contributed by atoms with Gasteiger partial charge in [-0.1, -0.05) is 30.3 Å². The normalized spacial score (nSPS) is 14.6. The van der Waals surface area contributed by atoms with E-state index in [1.54, 1.807) is 109 Å². The zero-order chi connectivity index (χ0) is 35.2. The van der Waals surface area contributed by atoms with Gasteiger partial charge in [0, 0.05) is 25.7 Å². The van der Waals surface area contributed by atoms with E-state index in [-0.39, 0.29) is 23.6 Å². The molecule has 0 radical (unpaired) electrons. The number of ketones is 1. The summed E-state index contributed by atoms with van der Waals surface area (Å²) in [6, 6.07) is 16.1. The minimum Gasteiger partial charge on any atom is -0.465 e. The van der Waals surface area contributed by atoms with Crippen LogP contribution in [0.1, 0.15) is 63.2 Å². The molecule has 1 aliphatic rings. The van der Waals surface area contributed by atoms with E-state index in [9.17, 15) is 24.0 Å². The fraction of sp³-hybridized carbons (Fsp3) is 0.343. The Morgan fingerprint density at radius 3 is 2.29 bits per heavy atom. The molecule has 2 aromatic carbocycles. The first-order chi connectivity index (χ1) is 22.6. The molecule has 3 N–H and O–H groups in total. The van der Waals surface area contributed by atoms with Gasteiger partial charge < -0.3 is 30.3 Å². The molecule has 0 saturated carbocycles. The van der Waals surface area contributed by atoms with Crippen LogP contribution in [0.3, 0.4) is 0 Å². The van der Waals surface area contributed by atoms with Crippen molar-refractivity contribution in [3.63, 3.8) is 0 Å². The number of aliphatic imine (C=N–C) groups is 1. The Labute approximate surface area is 279 Å². The summed E-state index contributed by atoms with van der Waals surface area (Å²) in [6.07, 6.45) is 0.0869. The van der Waals surface area contributed by atoms with Crippen molar-refractivity contribution in [1.82, 2.24) is 10.3 Å². The van der Waals surface area contributed by atoms with E-state index in [1.807, 2.05) is 0 Å². The minimum atomic E-state index is -1.49. The highest BCUT2D eigenvalue weighted by Gasteiger charge is 2.38. The molecule has 3 aromatic rings. The molecule has 48 heavy (non-hydrogen) atoms. The molecule has 0 spiro atoms. The second-order valence-corrected chi connectivity index (χ2v) is 12.7. The van der Waals surface area contributed by atoms with E-state index in [0.717, 1.165) is 0 Å². The Kier molecular flexibility index (Phi) is 10.6. The van der Waals surface area contributed by atoms with Gasteiger partial charge in [0.15, 0.2) is 5.78 Å². The Hall–Kier alpha value is -5.59. The highest BCUT2D eigenvalue weighted by atomic mass is 16.6. The van der Waals surface area contributed by atoms with Gasteiger partial charge in [-0.2, -0.15) is 0 Å². The summed E-state index contributed by atoms with van der Waals surface area (Å²) in [5, 5.41) is 8.27. The summed E-state index contributed by atoms with van der Waals surface area (Å²) in [5.74, 6) is -2.19. The van der Waals surface area contributed by atoms with Crippen molar-refractivity contribution in [2.75, 3.05) is 35.7 Å². The van der Waals surface area contributed by atoms with Crippen molar-refractivity contribution in [2.45, 2.75) is 53.3 Å². The number of amides is 3. The third-order valence-corrected chi connectivity index (χ3v) is 7.26. The lowest BCUT2D eigenvalue weighted by Crippen LogP contribution is -2.51. The van der Waals surface area contributed by atoms with Gasteiger partial charge in [-0.25, -0.2) is 14.6 Å². The zero-order valence-electron chi connectivity index (χ0n) is 28.0. The Morgan fingerprint density at radius 2 is 1.65 bits per heavy atom. The van der Waals surface area contributed by atoms with E-state index in [4.69, 9.17) is 9.47 Å². The number of hydrogen-bond donors (Lipinski definition) is 3. The van der Waals surface area contributed by atoms with E-state index in [2.05, 4.69) is 25.9 Å². The summed E-state index contributed by atoms with van der Waals surface area (Å²) in [5.41, 5.74) is 0.545. The lowest BCUT2D eigenvalue weighted by Gasteiger charge is -2.29. The van der Waals surface area contributed by atoms with Gasteiger partial charge >= 0.3 is 18.0 Å². The van der Waals surface area contributed by atoms with Crippen LogP contribution in [0.5, 0.6) is 0 Å². The van der Waals surface area contributed by atoms with E-state index < -0.39 is 47.6 Å². The van der Waals surface area contributed by atoms with Gasteiger partial charge in [0.25, 0.3) is 5.91 Å². The van der Waals surface area contributed by atoms with Crippen molar-refractivity contribution in [2.24, 2.45) is 10.4 Å². The van der Waals surface area contributed by atoms with Gasteiger partial charge in [0.1, 0.15) is 12.2 Å². The number of aromatic nitrogens is 1. The Morgan fingerprint density at radius 1 is 0.938 bits per heavy atom. The van der Waals surface area contributed by atoms with E-state index in [0.29, 0.717) is 28.3 Å². The summed E-state index contributed by atoms with van der Waals surface area (Å²) in [6.45, 7) is 9.17. The molecular formula is C35H40N6O7. The van der Waals surface area contributed by atoms with E-state index in [1.165, 1.54) is 11.8 Å². The van der Waals surface area contributed by atoms with Crippen molar-refractivity contribution in [3.05, 3.63) is 83.7 Å². The molecule has 1 aliphatic heterocycles. The second kappa shape index (κ2) is 14.4. The average molecular weight is 657 g/mol. The highest BCUT2D eigenvalue weighted by Crippen LogP contribution is 2.31. The molecule has 2 heterocycles. The monoisotopic (exact) mass is 656 g/mol. The van der Waals surface area contributed by atoms with Crippen molar-refractivity contribution in [1.29, 1.82) is 0 Å². The molecule has 0 bridgehead atoms. The quantitative estimate of drug-likeness (QED) is 0.265. The number of benzene rings is 2. The predicted octanol–water partition coefficient (Wildman–Crippen LogP) is 4.57. The maximum Gasteiger partial charge on any atom is 0.340 e. The van der Waals surface area contributed by atoms with Crippen LogP contribution in [0.2, 0.25) is 0 Å². The van der Waals surface area contributed by atoms with E-state index >= 15 is 0 Å². The molecular weight excluding hydrogens is 616 g/mol. The maximum absolute atomic E-state index is 14.2. The fourth-order valence-electron chi connectivity index (χ4n) is 4.83. The number of carbonyl (C=O) groups excluding carboxylic acids is 5. The lowest BCUT2D eigenvalue weighted by atomic mass is 9.88. The molecule has 4 rings (SSSR count). The van der Waals surface area contributed by atoms with Crippen LogP contribution in [-0.4, -0.2) is 72.3 Å². The molecule has 252 valence electrons. The topological polar surface area (TPSA) is 168 Å². The molecule has 0 saturated heterocycles. The number of para-hydroxylation sites is 2. The number of ether oxygens (including phenoxy) is 2. The first-order valence-corrected chi connectivity index (χ1v) is 15.3. The molecule has 0 fully saturated rings. The number of anilines is 3. The number of benzodiazepines with no additional fused rings is 1. The molecule has 1 aromatic heterocycles. The first-order valence-electron chi connectivity index (χ1n) is 15.3.